The fourth-order valence-corrected chi connectivity index (χ4v) is 3.98. The molecule has 5 rings (SSSR count). The van der Waals surface area contributed by atoms with Crippen molar-refractivity contribution in [3.05, 3.63) is 102 Å². The second-order valence-corrected chi connectivity index (χ2v) is 8.46. The Bertz CT molecular complexity index is 1390. The maximum absolute atomic E-state index is 6.44. The Labute approximate surface area is 202 Å². The van der Waals surface area contributed by atoms with Crippen molar-refractivity contribution < 1.29 is 0 Å². The van der Waals surface area contributed by atoms with Crippen LogP contribution in [-0.2, 0) is 6.42 Å². The van der Waals surface area contributed by atoms with Gasteiger partial charge in [0.15, 0.2) is 5.82 Å². The molecule has 0 bridgehead atoms. The highest BCUT2D eigenvalue weighted by atomic mass is 35.5. The molecule has 0 spiro atoms. The molecule has 5 aromatic rings. The third-order valence-electron chi connectivity index (χ3n) is 5.54. The minimum Gasteiger partial charge on any atom is -0.368 e. The quantitative estimate of drug-likeness (QED) is 0.334. The van der Waals surface area contributed by atoms with Crippen LogP contribution in [0, 0.1) is 0 Å². The number of rotatable bonds is 7. The van der Waals surface area contributed by atoms with Gasteiger partial charge in [-0.15, -0.1) is 0 Å². The van der Waals surface area contributed by atoms with Gasteiger partial charge in [0.25, 0.3) is 0 Å². The lowest BCUT2D eigenvalue weighted by Gasteiger charge is -2.16. The third-order valence-corrected chi connectivity index (χ3v) is 5.80. The zero-order valence-electron chi connectivity index (χ0n) is 18.4. The van der Waals surface area contributed by atoms with E-state index in [1.54, 1.807) is 18.6 Å². The molecule has 0 amide bonds. The molecule has 0 unspecified atom stereocenters. The second kappa shape index (κ2) is 9.95. The molecule has 34 heavy (non-hydrogen) atoms. The summed E-state index contributed by atoms with van der Waals surface area (Å²) in [5.41, 5.74) is 11.0. The first-order valence-electron chi connectivity index (χ1n) is 11.0. The van der Waals surface area contributed by atoms with E-state index in [2.05, 4.69) is 27.4 Å². The van der Waals surface area contributed by atoms with Gasteiger partial charge in [-0.3, -0.25) is 9.97 Å². The molecule has 0 saturated carbocycles. The van der Waals surface area contributed by atoms with E-state index in [1.807, 2.05) is 60.7 Å². The minimum absolute atomic E-state index is 0.0747. The average molecular weight is 467 g/mol. The molecule has 0 radical (unpaired) electrons. The molecule has 3 heterocycles. The maximum Gasteiger partial charge on any atom is 0.162 e. The number of nitrogens with one attached hydrogen (secondary N) is 1. The topological polar surface area (TPSA) is 89.6 Å². The number of fused-ring (bicyclic) bond motifs is 1. The molecule has 0 fully saturated rings. The van der Waals surface area contributed by atoms with Crippen LogP contribution in [0.4, 0.5) is 5.82 Å². The molecule has 0 saturated heterocycles. The normalized spacial score (nSPS) is 11.9. The van der Waals surface area contributed by atoms with Crippen LogP contribution < -0.4 is 11.1 Å². The summed E-state index contributed by atoms with van der Waals surface area (Å²) in [5.74, 6) is 1.31. The number of pyridine rings is 2. The van der Waals surface area contributed by atoms with E-state index in [4.69, 9.17) is 27.3 Å². The summed E-state index contributed by atoms with van der Waals surface area (Å²) in [5, 5.41) is 5.02. The van der Waals surface area contributed by atoms with Crippen LogP contribution in [0.25, 0.3) is 33.5 Å². The highest BCUT2D eigenvalue weighted by Gasteiger charge is 2.15. The van der Waals surface area contributed by atoms with E-state index in [-0.39, 0.29) is 6.04 Å². The van der Waals surface area contributed by atoms with Crippen molar-refractivity contribution in [3.63, 3.8) is 0 Å². The number of anilines is 1. The average Bonchev–Trinajstić information content (AvgIpc) is 2.88. The van der Waals surface area contributed by atoms with Gasteiger partial charge in [-0.2, -0.15) is 0 Å². The van der Waals surface area contributed by atoms with Crippen LogP contribution in [0.1, 0.15) is 5.56 Å². The summed E-state index contributed by atoms with van der Waals surface area (Å²) in [4.78, 5) is 18.5. The molecule has 0 aliphatic rings. The van der Waals surface area contributed by atoms with Crippen LogP contribution >= 0.6 is 11.6 Å². The van der Waals surface area contributed by atoms with Crippen molar-refractivity contribution in [2.45, 2.75) is 12.5 Å². The number of hydrogen-bond acceptors (Lipinski definition) is 6. The van der Waals surface area contributed by atoms with Crippen molar-refractivity contribution in [2.24, 2.45) is 5.73 Å². The predicted molar refractivity (Wildman–Crippen MR) is 138 cm³/mol. The highest BCUT2D eigenvalue weighted by molar-refractivity contribution is 6.30. The van der Waals surface area contributed by atoms with E-state index < -0.39 is 0 Å². The van der Waals surface area contributed by atoms with Gasteiger partial charge in [0.1, 0.15) is 11.3 Å². The molecule has 3 aromatic heterocycles. The number of nitrogens with two attached hydrogens (primary N) is 1. The van der Waals surface area contributed by atoms with Crippen LogP contribution in [0.5, 0.6) is 0 Å². The Kier molecular flexibility index (Phi) is 6.42. The van der Waals surface area contributed by atoms with Gasteiger partial charge in [-0.1, -0.05) is 54.1 Å². The molecule has 2 aromatic carbocycles. The van der Waals surface area contributed by atoms with Crippen molar-refractivity contribution in [3.8, 4) is 22.6 Å². The molecule has 1 atom stereocenters. The van der Waals surface area contributed by atoms with Gasteiger partial charge in [0.2, 0.25) is 0 Å². The number of aromatic nitrogens is 4. The van der Waals surface area contributed by atoms with Gasteiger partial charge in [0.05, 0.1) is 5.69 Å². The van der Waals surface area contributed by atoms with Crippen molar-refractivity contribution in [1.82, 2.24) is 19.9 Å². The Hall–Kier alpha value is -3.87. The van der Waals surface area contributed by atoms with Crippen LogP contribution in [0.15, 0.2) is 91.4 Å². The zero-order valence-corrected chi connectivity index (χ0v) is 19.2. The molecule has 7 heteroatoms. The van der Waals surface area contributed by atoms with Crippen LogP contribution in [0.3, 0.4) is 0 Å². The molecular formula is C27H23ClN6. The first-order valence-corrected chi connectivity index (χ1v) is 11.4. The summed E-state index contributed by atoms with van der Waals surface area (Å²) in [6, 6.07) is 23.5. The SMILES string of the molecule is N[C@H](CNc1nc(-c2ccncc2)nc2c(-c3ccc(Cl)cc3)nccc12)Cc1ccccc1. The smallest absolute Gasteiger partial charge is 0.162 e. The number of hydrogen-bond donors (Lipinski definition) is 2. The van der Waals surface area contributed by atoms with E-state index in [1.165, 1.54) is 5.56 Å². The lowest BCUT2D eigenvalue weighted by Crippen LogP contribution is -2.31. The monoisotopic (exact) mass is 466 g/mol. The predicted octanol–water partition coefficient (Wildman–Crippen LogP) is 5.39. The summed E-state index contributed by atoms with van der Waals surface area (Å²) >= 11 is 6.10. The fraction of sp³-hybridized carbons (Fsp3) is 0.111. The van der Waals surface area contributed by atoms with E-state index >= 15 is 0 Å². The standard InChI is InChI=1S/C27H23ClN6/c28-21-8-6-19(7-9-21)24-25-23(12-15-31-24)27(34-26(33-25)20-10-13-30-14-11-20)32-17-22(29)16-18-4-2-1-3-5-18/h1-15,22H,16-17,29H2,(H,32,33,34)/t22-/m0/s1. The lowest BCUT2D eigenvalue weighted by molar-refractivity contribution is 0.698. The summed E-state index contributed by atoms with van der Waals surface area (Å²) in [6.45, 7) is 0.565. The number of nitrogens with zero attached hydrogens (tertiary/aromatic N) is 4. The number of halogens is 1. The minimum atomic E-state index is -0.0747. The third kappa shape index (κ3) is 4.88. The maximum atomic E-state index is 6.44. The second-order valence-electron chi connectivity index (χ2n) is 8.03. The van der Waals surface area contributed by atoms with E-state index in [9.17, 15) is 0 Å². The van der Waals surface area contributed by atoms with Gasteiger partial charge in [0, 0.05) is 52.7 Å². The van der Waals surface area contributed by atoms with Crippen molar-refractivity contribution in [2.75, 3.05) is 11.9 Å². The summed E-state index contributed by atoms with van der Waals surface area (Å²) in [6.07, 6.45) is 6.01. The van der Waals surface area contributed by atoms with Crippen LogP contribution in [-0.4, -0.2) is 32.5 Å². The van der Waals surface area contributed by atoms with Gasteiger partial charge < -0.3 is 11.1 Å². The Balaban J connectivity index is 1.54. The first-order chi connectivity index (χ1) is 16.7. The molecular weight excluding hydrogens is 444 g/mol. The van der Waals surface area contributed by atoms with Gasteiger partial charge in [-0.25, -0.2) is 9.97 Å². The lowest BCUT2D eigenvalue weighted by atomic mass is 10.1. The largest absolute Gasteiger partial charge is 0.368 e. The molecule has 0 aliphatic carbocycles. The highest BCUT2D eigenvalue weighted by Crippen LogP contribution is 2.31. The first kappa shape index (κ1) is 21.9. The summed E-state index contributed by atoms with van der Waals surface area (Å²) < 4.78 is 0. The van der Waals surface area contributed by atoms with E-state index in [0.717, 1.165) is 40.0 Å². The molecule has 168 valence electrons. The molecule has 0 aliphatic heterocycles. The Morgan fingerprint density at radius 3 is 2.35 bits per heavy atom. The fourth-order valence-electron chi connectivity index (χ4n) is 3.86. The Morgan fingerprint density at radius 2 is 1.59 bits per heavy atom. The molecule has 3 N–H and O–H groups in total. The van der Waals surface area contributed by atoms with E-state index in [0.29, 0.717) is 17.4 Å². The molecule has 6 nitrogen and oxygen atoms in total. The summed E-state index contributed by atoms with van der Waals surface area (Å²) in [7, 11) is 0. The zero-order chi connectivity index (χ0) is 23.3. The van der Waals surface area contributed by atoms with Crippen molar-refractivity contribution >= 4 is 28.3 Å². The van der Waals surface area contributed by atoms with Crippen molar-refractivity contribution in [1.29, 1.82) is 0 Å². The Morgan fingerprint density at radius 1 is 0.824 bits per heavy atom. The number of benzene rings is 2. The van der Waals surface area contributed by atoms with Gasteiger partial charge >= 0.3 is 0 Å². The van der Waals surface area contributed by atoms with Gasteiger partial charge in [-0.05, 0) is 42.3 Å². The van der Waals surface area contributed by atoms with Crippen LogP contribution in [0.2, 0.25) is 5.02 Å².